The van der Waals surface area contributed by atoms with Crippen molar-refractivity contribution in [2.75, 3.05) is 6.54 Å². The molecule has 2 amide bonds. The first-order valence-corrected chi connectivity index (χ1v) is 10.3. The van der Waals surface area contributed by atoms with Crippen LogP contribution in [-0.4, -0.2) is 27.6 Å². The number of aryl methyl sites for hydroxylation is 1. The molecule has 1 atom stereocenters. The van der Waals surface area contributed by atoms with Gasteiger partial charge in [-0.05, 0) is 44.0 Å². The zero-order valence-electron chi connectivity index (χ0n) is 17.1. The maximum Gasteiger partial charge on any atom is 0.322 e. The number of rotatable bonds is 5. The van der Waals surface area contributed by atoms with Crippen LogP contribution in [0.4, 0.5) is 4.79 Å². The van der Waals surface area contributed by atoms with E-state index in [4.69, 9.17) is 16.1 Å². The van der Waals surface area contributed by atoms with Crippen LogP contribution in [0.1, 0.15) is 43.3 Å². The lowest BCUT2D eigenvalue weighted by atomic mass is 9.94. The van der Waals surface area contributed by atoms with Gasteiger partial charge in [-0.15, -0.1) is 0 Å². The Balaban J connectivity index is 1.81. The molecule has 2 aromatic carbocycles. The van der Waals surface area contributed by atoms with Gasteiger partial charge in [0, 0.05) is 22.8 Å². The van der Waals surface area contributed by atoms with Gasteiger partial charge >= 0.3 is 6.03 Å². The van der Waals surface area contributed by atoms with E-state index >= 15 is 0 Å². The Morgan fingerprint density at radius 1 is 1.17 bits per heavy atom. The second kappa shape index (κ2) is 8.32. The number of allylic oxidation sites excluding steroid dienone is 1. The quantitative estimate of drug-likeness (QED) is 0.580. The van der Waals surface area contributed by atoms with E-state index in [0.717, 1.165) is 34.4 Å². The SMILES string of the molecule is CCCN1C(=O)NC(c2ccc(Cl)cc2)C(c2nc(-c3cccc(C)c3)no2)=C1C. The summed E-state index contributed by atoms with van der Waals surface area (Å²) in [7, 11) is 0. The molecule has 2 heterocycles. The molecule has 0 radical (unpaired) electrons. The Hall–Kier alpha value is -3.12. The maximum absolute atomic E-state index is 12.8. The van der Waals surface area contributed by atoms with Crippen molar-refractivity contribution in [3.8, 4) is 11.4 Å². The third-order valence-corrected chi connectivity index (χ3v) is 5.43. The zero-order chi connectivity index (χ0) is 21.3. The van der Waals surface area contributed by atoms with Gasteiger partial charge in [0.25, 0.3) is 5.89 Å². The minimum Gasteiger partial charge on any atom is -0.334 e. The van der Waals surface area contributed by atoms with E-state index in [1.807, 2.05) is 57.2 Å². The van der Waals surface area contributed by atoms with Gasteiger partial charge in [0.05, 0.1) is 11.6 Å². The minimum absolute atomic E-state index is 0.142. The lowest BCUT2D eigenvalue weighted by Gasteiger charge is -2.35. The normalized spacial score (nSPS) is 16.7. The number of hydrogen-bond donors (Lipinski definition) is 1. The summed E-state index contributed by atoms with van der Waals surface area (Å²) in [4.78, 5) is 19.2. The van der Waals surface area contributed by atoms with Crippen LogP contribution in [0.2, 0.25) is 5.02 Å². The van der Waals surface area contributed by atoms with Crippen molar-refractivity contribution < 1.29 is 9.32 Å². The highest BCUT2D eigenvalue weighted by Gasteiger charge is 2.35. The number of benzene rings is 2. The highest BCUT2D eigenvalue weighted by molar-refractivity contribution is 6.30. The molecule has 0 spiro atoms. The number of halogens is 1. The average molecular weight is 423 g/mol. The molecule has 1 N–H and O–H groups in total. The highest BCUT2D eigenvalue weighted by atomic mass is 35.5. The number of aromatic nitrogens is 2. The molecule has 1 aromatic heterocycles. The van der Waals surface area contributed by atoms with Crippen LogP contribution in [0.25, 0.3) is 17.0 Å². The fourth-order valence-corrected chi connectivity index (χ4v) is 3.82. The number of hydrogen-bond acceptors (Lipinski definition) is 4. The fraction of sp³-hybridized carbons (Fsp3) is 0.261. The smallest absolute Gasteiger partial charge is 0.322 e. The Kier molecular flexibility index (Phi) is 5.59. The molecule has 0 fully saturated rings. The Morgan fingerprint density at radius 2 is 1.93 bits per heavy atom. The summed E-state index contributed by atoms with van der Waals surface area (Å²) in [5, 5.41) is 7.91. The highest BCUT2D eigenvalue weighted by Crippen LogP contribution is 2.37. The van der Waals surface area contributed by atoms with Gasteiger partial charge in [-0.25, -0.2) is 4.79 Å². The largest absolute Gasteiger partial charge is 0.334 e. The van der Waals surface area contributed by atoms with Crippen molar-refractivity contribution in [2.45, 2.75) is 33.2 Å². The summed E-state index contributed by atoms with van der Waals surface area (Å²) in [6.45, 7) is 6.58. The van der Waals surface area contributed by atoms with E-state index in [9.17, 15) is 4.79 Å². The lowest BCUT2D eigenvalue weighted by Crippen LogP contribution is -2.46. The van der Waals surface area contributed by atoms with Gasteiger partial charge < -0.3 is 9.84 Å². The van der Waals surface area contributed by atoms with Gasteiger partial charge in [0.2, 0.25) is 5.82 Å². The van der Waals surface area contributed by atoms with E-state index in [2.05, 4.69) is 15.5 Å². The summed E-state index contributed by atoms with van der Waals surface area (Å²) in [5.41, 5.74) is 4.49. The summed E-state index contributed by atoms with van der Waals surface area (Å²) in [6, 6.07) is 14.8. The van der Waals surface area contributed by atoms with Gasteiger partial charge in [-0.2, -0.15) is 4.98 Å². The second-order valence-corrected chi connectivity index (χ2v) is 7.81. The molecule has 0 saturated carbocycles. The summed E-state index contributed by atoms with van der Waals surface area (Å²) < 4.78 is 5.68. The molecule has 0 bridgehead atoms. The van der Waals surface area contributed by atoms with Crippen molar-refractivity contribution in [1.82, 2.24) is 20.4 Å². The molecule has 4 rings (SSSR count). The molecule has 30 heavy (non-hydrogen) atoms. The molecule has 7 heteroatoms. The van der Waals surface area contributed by atoms with E-state index < -0.39 is 6.04 Å². The van der Waals surface area contributed by atoms with Gasteiger partial charge in [-0.1, -0.05) is 59.6 Å². The Bertz CT molecular complexity index is 1100. The first-order chi connectivity index (χ1) is 14.5. The van der Waals surface area contributed by atoms with Crippen LogP contribution in [0.3, 0.4) is 0 Å². The number of urea groups is 1. The Labute approximate surface area is 180 Å². The second-order valence-electron chi connectivity index (χ2n) is 7.38. The number of carbonyl (C=O) groups is 1. The summed E-state index contributed by atoms with van der Waals surface area (Å²) in [6.07, 6.45) is 0.835. The van der Waals surface area contributed by atoms with Crippen molar-refractivity contribution in [1.29, 1.82) is 0 Å². The first kappa shape index (κ1) is 20.2. The van der Waals surface area contributed by atoms with E-state index in [1.165, 1.54) is 0 Å². The number of carbonyl (C=O) groups excluding carboxylic acids is 1. The molecule has 1 aliphatic heterocycles. The Morgan fingerprint density at radius 3 is 2.63 bits per heavy atom. The number of nitrogens with one attached hydrogen (secondary N) is 1. The van der Waals surface area contributed by atoms with Crippen LogP contribution in [0.5, 0.6) is 0 Å². The summed E-state index contributed by atoms with van der Waals surface area (Å²) in [5.74, 6) is 0.910. The van der Waals surface area contributed by atoms with E-state index in [-0.39, 0.29) is 6.03 Å². The number of nitrogens with zero attached hydrogens (tertiary/aromatic N) is 3. The van der Waals surface area contributed by atoms with Gasteiger partial charge in [0.1, 0.15) is 0 Å². The molecular weight excluding hydrogens is 400 g/mol. The topological polar surface area (TPSA) is 71.3 Å². The molecule has 0 aliphatic carbocycles. The zero-order valence-corrected chi connectivity index (χ0v) is 17.9. The van der Waals surface area contributed by atoms with E-state index in [1.54, 1.807) is 17.0 Å². The van der Waals surface area contributed by atoms with Crippen LogP contribution in [-0.2, 0) is 0 Å². The predicted molar refractivity (Wildman–Crippen MR) is 117 cm³/mol. The minimum atomic E-state index is -0.409. The van der Waals surface area contributed by atoms with Crippen molar-refractivity contribution in [3.63, 3.8) is 0 Å². The fourth-order valence-electron chi connectivity index (χ4n) is 3.69. The van der Waals surface area contributed by atoms with Gasteiger partial charge in [0.15, 0.2) is 0 Å². The molecule has 6 nitrogen and oxygen atoms in total. The van der Waals surface area contributed by atoms with Crippen LogP contribution < -0.4 is 5.32 Å². The third kappa shape index (κ3) is 3.83. The average Bonchev–Trinajstić information content (AvgIpc) is 3.21. The molecular formula is C23H23ClN4O2. The van der Waals surface area contributed by atoms with Crippen LogP contribution >= 0.6 is 11.6 Å². The molecule has 154 valence electrons. The third-order valence-electron chi connectivity index (χ3n) is 5.18. The first-order valence-electron chi connectivity index (χ1n) is 9.93. The van der Waals surface area contributed by atoms with Crippen molar-refractivity contribution in [2.24, 2.45) is 0 Å². The van der Waals surface area contributed by atoms with E-state index in [0.29, 0.717) is 23.3 Å². The lowest BCUT2D eigenvalue weighted by molar-refractivity contribution is 0.205. The van der Waals surface area contributed by atoms with Crippen LogP contribution in [0, 0.1) is 6.92 Å². The molecule has 1 aliphatic rings. The molecule has 3 aromatic rings. The standard InChI is InChI=1S/C23H23ClN4O2/c1-4-12-28-15(3)19(20(25-23(28)29)16-8-10-18(24)11-9-16)22-26-21(27-30-22)17-7-5-6-14(2)13-17/h5-11,13,20H,4,12H2,1-3H3,(H,25,29). The van der Waals surface area contributed by atoms with Crippen LogP contribution in [0.15, 0.2) is 58.8 Å². The van der Waals surface area contributed by atoms with Crippen molar-refractivity contribution >= 4 is 23.2 Å². The monoisotopic (exact) mass is 422 g/mol. The maximum atomic E-state index is 12.8. The van der Waals surface area contributed by atoms with Crippen molar-refractivity contribution in [3.05, 3.63) is 76.3 Å². The summed E-state index contributed by atoms with van der Waals surface area (Å²) >= 11 is 6.06. The van der Waals surface area contributed by atoms with Gasteiger partial charge in [-0.3, -0.25) is 4.90 Å². The molecule has 1 unspecified atom stereocenters. The molecule has 0 saturated heterocycles. The number of amides is 2. The predicted octanol–water partition coefficient (Wildman–Crippen LogP) is 5.61.